The zero-order valence-corrected chi connectivity index (χ0v) is 20.9. The summed E-state index contributed by atoms with van der Waals surface area (Å²) in [5, 5.41) is 0. The summed E-state index contributed by atoms with van der Waals surface area (Å²) in [7, 11) is 1.25. The molecule has 9 nitrogen and oxygen atoms in total. The van der Waals surface area contributed by atoms with Crippen molar-refractivity contribution >= 4 is 29.6 Å². The van der Waals surface area contributed by atoms with Gasteiger partial charge in [0, 0.05) is 12.2 Å². The molecule has 0 bridgehead atoms. The molecule has 1 unspecified atom stereocenters. The van der Waals surface area contributed by atoms with Gasteiger partial charge in [-0.3, -0.25) is 24.2 Å². The maximum atomic E-state index is 13.4. The monoisotopic (exact) mass is 474 g/mol. The second kappa shape index (κ2) is 10.7. The highest BCUT2D eigenvalue weighted by molar-refractivity contribution is 5.94. The molecule has 2 amide bonds. The van der Waals surface area contributed by atoms with Crippen LogP contribution in [0.1, 0.15) is 47.1 Å². The lowest BCUT2D eigenvalue weighted by Crippen LogP contribution is -2.49. The number of benzene rings is 1. The molecular weight excluding hydrogens is 440 g/mol. The molecule has 0 N–H and O–H groups in total. The zero-order chi connectivity index (χ0) is 25.7. The molecule has 0 aliphatic carbocycles. The van der Waals surface area contributed by atoms with Crippen LogP contribution in [-0.4, -0.2) is 71.7 Å². The molecule has 34 heavy (non-hydrogen) atoms. The average molecular weight is 475 g/mol. The Kier molecular flexibility index (Phi) is 8.47. The summed E-state index contributed by atoms with van der Waals surface area (Å²) in [5.41, 5.74) is -0.573. The van der Waals surface area contributed by atoms with Crippen LogP contribution in [0.3, 0.4) is 0 Å². The van der Waals surface area contributed by atoms with Gasteiger partial charge in [0.2, 0.25) is 5.91 Å². The van der Waals surface area contributed by atoms with Gasteiger partial charge in [0.25, 0.3) is 0 Å². The number of nitrogens with zero attached hydrogens (tertiary/aromatic N) is 2. The molecule has 1 aliphatic rings. The number of ether oxygens (including phenoxy) is 3. The Labute approximate surface area is 200 Å². The van der Waals surface area contributed by atoms with Crippen molar-refractivity contribution in [2.75, 3.05) is 26.7 Å². The third-order valence-corrected chi connectivity index (χ3v) is 4.63. The molecule has 1 aromatic rings. The van der Waals surface area contributed by atoms with Crippen molar-refractivity contribution in [3.8, 4) is 0 Å². The van der Waals surface area contributed by atoms with Gasteiger partial charge in [0.1, 0.15) is 24.3 Å². The fraction of sp³-hybridized carbons (Fsp3) is 0.520. The van der Waals surface area contributed by atoms with Gasteiger partial charge in [0.15, 0.2) is 0 Å². The van der Waals surface area contributed by atoms with E-state index in [0.29, 0.717) is 11.3 Å². The molecule has 186 valence electrons. The maximum Gasteiger partial charge on any atom is 0.410 e. The lowest BCUT2D eigenvalue weighted by Gasteiger charge is -2.34. The summed E-state index contributed by atoms with van der Waals surface area (Å²) in [6.07, 6.45) is 0.795. The van der Waals surface area contributed by atoms with E-state index < -0.39 is 54.1 Å². The van der Waals surface area contributed by atoms with Crippen LogP contribution in [0, 0.1) is 5.92 Å². The molecule has 0 aromatic heterocycles. The van der Waals surface area contributed by atoms with Crippen LogP contribution in [0.25, 0.3) is 5.70 Å². The molecule has 1 aromatic carbocycles. The number of rotatable bonds is 4. The van der Waals surface area contributed by atoms with Crippen molar-refractivity contribution in [2.24, 2.45) is 5.92 Å². The van der Waals surface area contributed by atoms with Gasteiger partial charge in [-0.2, -0.15) is 0 Å². The largest absolute Gasteiger partial charge is 0.469 e. The van der Waals surface area contributed by atoms with Crippen molar-refractivity contribution in [1.29, 1.82) is 0 Å². The summed E-state index contributed by atoms with van der Waals surface area (Å²) >= 11 is 0. The van der Waals surface area contributed by atoms with Gasteiger partial charge >= 0.3 is 18.0 Å². The van der Waals surface area contributed by atoms with Crippen LogP contribution < -0.4 is 0 Å². The van der Waals surface area contributed by atoms with E-state index in [1.165, 1.54) is 12.0 Å². The van der Waals surface area contributed by atoms with Gasteiger partial charge in [0.05, 0.1) is 13.0 Å². The minimum Gasteiger partial charge on any atom is -0.469 e. The first-order chi connectivity index (χ1) is 15.7. The third kappa shape index (κ3) is 7.90. The number of hydrogen-bond acceptors (Lipinski definition) is 7. The minimum atomic E-state index is -0.901. The summed E-state index contributed by atoms with van der Waals surface area (Å²) in [4.78, 5) is 53.9. The average Bonchev–Trinajstić information content (AvgIpc) is 2.70. The highest BCUT2D eigenvalue weighted by atomic mass is 16.6. The van der Waals surface area contributed by atoms with Crippen molar-refractivity contribution in [1.82, 2.24) is 9.80 Å². The molecule has 1 atom stereocenters. The Bertz CT molecular complexity index is 942. The van der Waals surface area contributed by atoms with E-state index in [0.717, 1.165) is 4.90 Å². The molecule has 0 radical (unpaired) electrons. The van der Waals surface area contributed by atoms with Gasteiger partial charge in [-0.1, -0.05) is 30.3 Å². The Morgan fingerprint density at radius 1 is 0.971 bits per heavy atom. The summed E-state index contributed by atoms with van der Waals surface area (Å²) in [5.74, 6) is -2.63. The normalized spacial score (nSPS) is 18.9. The number of carbonyl (C=O) groups is 4. The van der Waals surface area contributed by atoms with Gasteiger partial charge in [-0.15, -0.1) is 0 Å². The van der Waals surface area contributed by atoms with Crippen molar-refractivity contribution in [2.45, 2.75) is 52.7 Å². The van der Waals surface area contributed by atoms with Crippen LogP contribution in [0.5, 0.6) is 0 Å². The van der Waals surface area contributed by atoms with Crippen LogP contribution in [0.4, 0.5) is 4.79 Å². The van der Waals surface area contributed by atoms with E-state index in [2.05, 4.69) is 0 Å². The third-order valence-electron chi connectivity index (χ3n) is 4.63. The summed E-state index contributed by atoms with van der Waals surface area (Å²) in [6.45, 7) is 9.39. The van der Waals surface area contributed by atoms with Crippen LogP contribution in [-0.2, 0) is 28.6 Å². The molecule has 0 spiro atoms. The molecule has 1 aliphatic heterocycles. The number of carbonyl (C=O) groups excluding carboxylic acids is 4. The number of amides is 2. The molecular formula is C25H34N2O7. The van der Waals surface area contributed by atoms with E-state index in [4.69, 9.17) is 14.2 Å². The maximum absolute atomic E-state index is 13.4. The van der Waals surface area contributed by atoms with Crippen molar-refractivity contribution < 1.29 is 33.4 Å². The van der Waals surface area contributed by atoms with E-state index in [1.807, 2.05) is 6.07 Å². The van der Waals surface area contributed by atoms with Crippen LogP contribution in [0.2, 0.25) is 0 Å². The van der Waals surface area contributed by atoms with Gasteiger partial charge in [-0.05, 0) is 53.2 Å². The number of methoxy groups -OCH3 is 1. The van der Waals surface area contributed by atoms with E-state index in [-0.39, 0.29) is 6.54 Å². The second-order valence-corrected chi connectivity index (χ2v) is 9.97. The standard InChI is InChI=1S/C25H34N2O7/c1-24(2,3)33-21(29)16-27-19(17-11-9-8-10-12-17)13-18(22(30)32-7)14-26(15-20(27)28)23(31)34-25(4,5)6/h8-13,18H,14-16H2,1-7H3/b19-13-. The fourth-order valence-corrected chi connectivity index (χ4v) is 3.31. The van der Waals surface area contributed by atoms with E-state index in [1.54, 1.807) is 71.9 Å². The van der Waals surface area contributed by atoms with Crippen molar-refractivity contribution in [3.05, 3.63) is 42.0 Å². The summed E-state index contributed by atoms with van der Waals surface area (Å²) in [6, 6.07) is 8.91. The lowest BCUT2D eigenvalue weighted by atomic mass is 10.0. The zero-order valence-electron chi connectivity index (χ0n) is 20.9. The van der Waals surface area contributed by atoms with Crippen LogP contribution >= 0.6 is 0 Å². The first-order valence-corrected chi connectivity index (χ1v) is 11.1. The molecule has 9 heteroatoms. The minimum absolute atomic E-state index is 0.121. The lowest BCUT2D eigenvalue weighted by molar-refractivity contribution is -0.157. The smallest absolute Gasteiger partial charge is 0.410 e. The number of esters is 2. The summed E-state index contributed by atoms with van der Waals surface area (Å²) < 4.78 is 15.8. The highest BCUT2D eigenvalue weighted by Crippen LogP contribution is 2.26. The van der Waals surface area contributed by atoms with Gasteiger partial charge < -0.3 is 14.2 Å². The Balaban J connectivity index is 2.55. The van der Waals surface area contributed by atoms with Gasteiger partial charge in [-0.25, -0.2) is 4.79 Å². The fourth-order valence-electron chi connectivity index (χ4n) is 3.31. The first-order valence-electron chi connectivity index (χ1n) is 11.1. The van der Waals surface area contributed by atoms with Crippen molar-refractivity contribution in [3.63, 3.8) is 0 Å². The molecule has 0 fully saturated rings. The first kappa shape index (κ1) is 26.9. The SMILES string of the molecule is COC(=O)C1/C=C(/c2ccccc2)N(CC(=O)OC(C)(C)C)C(=O)CN(C(=O)OC(C)(C)C)C1. The Hall–Kier alpha value is -3.36. The highest BCUT2D eigenvalue weighted by Gasteiger charge is 2.35. The predicted molar refractivity (Wildman–Crippen MR) is 125 cm³/mol. The van der Waals surface area contributed by atoms with E-state index in [9.17, 15) is 19.2 Å². The molecule has 0 saturated heterocycles. The second-order valence-electron chi connectivity index (χ2n) is 9.97. The van der Waals surface area contributed by atoms with Crippen LogP contribution in [0.15, 0.2) is 36.4 Å². The Morgan fingerprint density at radius 2 is 1.56 bits per heavy atom. The van der Waals surface area contributed by atoms with E-state index >= 15 is 0 Å². The Morgan fingerprint density at radius 3 is 2.09 bits per heavy atom. The quantitative estimate of drug-likeness (QED) is 0.488. The topological polar surface area (TPSA) is 102 Å². The predicted octanol–water partition coefficient (Wildman–Crippen LogP) is 3.24. The molecule has 2 rings (SSSR count). The number of hydrogen-bond donors (Lipinski definition) is 0. The molecule has 0 saturated carbocycles. The molecule has 1 heterocycles.